The summed E-state index contributed by atoms with van der Waals surface area (Å²) in [4.78, 5) is 11.2. The molecule has 0 spiro atoms. The third kappa shape index (κ3) is 4.03. The first kappa shape index (κ1) is 16.3. The van der Waals surface area contributed by atoms with Crippen molar-refractivity contribution in [2.75, 3.05) is 0 Å². The van der Waals surface area contributed by atoms with Gasteiger partial charge in [0.15, 0.2) is 0 Å². The van der Waals surface area contributed by atoms with Gasteiger partial charge in [0.25, 0.3) is 0 Å². The average Bonchev–Trinajstić information content (AvgIpc) is 2.59. The fourth-order valence-corrected chi connectivity index (χ4v) is 2.89. The lowest BCUT2D eigenvalue weighted by Gasteiger charge is -2.09. The van der Waals surface area contributed by atoms with E-state index in [1.807, 2.05) is 66.7 Å². The number of hydrogen-bond acceptors (Lipinski definition) is 1. The molecule has 3 aromatic carbocycles. The van der Waals surface area contributed by atoms with Crippen molar-refractivity contribution in [1.29, 1.82) is 0 Å². The van der Waals surface area contributed by atoms with E-state index < -0.39 is 5.97 Å². The van der Waals surface area contributed by atoms with Crippen molar-refractivity contribution in [2.45, 2.75) is 12.8 Å². The van der Waals surface area contributed by atoms with Crippen LogP contribution in [0, 0.1) is 0 Å². The fraction of sp³-hybridized carbons (Fsp3) is 0.0952. The zero-order chi connectivity index (χ0) is 16.9. The summed E-state index contributed by atoms with van der Waals surface area (Å²) >= 11 is 5.91. The molecule has 0 aliphatic rings. The predicted octanol–water partition coefficient (Wildman–Crippen LogP) is 5.59. The van der Waals surface area contributed by atoms with Crippen LogP contribution in [0.25, 0.3) is 16.3 Å². The first-order valence-electron chi connectivity index (χ1n) is 7.79. The third-order valence-electron chi connectivity index (χ3n) is 4.01. The number of carboxylic acids is 1. The number of allylic oxidation sites excluding steroid dienone is 1. The molecule has 0 radical (unpaired) electrons. The maximum absolute atomic E-state index is 11.2. The van der Waals surface area contributed by atoms with Crippen LogP contribution in [0.1, 0.15) is 17.5 Å². The largest absolute Gasteiger partial charge is 0.478 e. The monoisotopic (exact) mass is 336 g/mol. The molecule has 0 heterocycles. The van der Waals surface area contributed by atoms with Crippen molar-refractivity contribution >= 4 is 33.9 Å². The Kier molecular flexibility index (Phi) is 4.97. The summed E-state index contributed by atoms with van der Waals surface area (Å²) in [6.45, 7) is 0. The minimum Gasteiger partial charge on any atom is -0.478 e. The zero-order valence-corrected chi connectivity index (χ0v) is 13.8. The van der Waals surface area contributed by atoms with E-state index in [4.69, 9.17) is 11.6 Å². The van der Waals surface area contributed by atoms with Gasteiger partial charge in [-0.15, -0.1) is 0 Å². The van der Waals surface area contributed by atoms with E-state index >= 15 is 0 Å². The molecular formula is C21H17ClO2. The molecule has 3 aromatic rings. The number of aryl methyl sites for hydroxylation is 1. The van der Waals surface area contributed by atoms with Crippen molar-refractivity contribution in [2.24, 2.45) is 0 Å². The van der Waals surface area contributed by atoms with Crippen molar-refractivity contribution in [3.63, 3.8) is 0 Å². The molecule has 2 nitrogen and oxygen atoms in total. The highest BCUT2D eigenvalue weighted by Crippen LogP contribution is 2.25. The van der Waals surface area contributed by atoms with Gasteiger partial charge in [0.05, 0.1) is 0 Å². The summed E-state index contributed by atoms with van der Waals surface area (Å²) in [5.41, 5.74) is 2.91. The number of halogens is 1. The molecule has 0 unspecified atom stereocenters. The molecule has 1 N–H and O–H groups in total. The molecule has 0 amide bonds. The van der Waals surface area contributed by atoms with Crippen molar-refractivity contribution in [3.8, 4) is 0 Å². The molecule has 120 valence electrons. The molecule has 0 bridgehead atoms. The lowest BCUT2D eigenvalue weighted by atomic mass is 9.96. The maximum atomic E-state index is 11.2. The number of carboxylic acid groups (broad SMARTS) is 1. The lowest BCUT2D eigenvalue weighted by Crippen LogP contribution is -1.95. The van der Waals surface area contributed by atoms with Crippen LogP contribution >= 0.6 is 11.6 Å². The number of benzene rings is 3. The SMILES string of the molecule is O=C(O)C=C(CCc1ccc(Cl)cc1)c1ccc2ccccc2c1. The molecular weight excluding hydrogens is 320 g/mol. The van der Waals surface area contributed by atoms with Crippen molar-refractivity contribution in [1.82, 2.24) is 0 Å². The number of carbonyl (C=O) groups is 1. The van der Waals surface area contributed by atoms with Crippen LogP contribution in [-0.4, -0.2) is 11.1 Å². The van der Waals surface area contributed by atoms with E-state index in [0.717, 1.165) is 33.9 Å². The predicted molar refractivity (Wildman–Crippen MR) is 99.3 cm³/mol. The van der Waals surface area contributed by atoms with Crippen LogP contribution in [0.2, 0.25) is 5.02 Å². The van der Waals surface area contributed by atoms with Crippen LogP contribution < -0.4 is 0 Å². The highest BCUT2D eigenvalue weighted by molar-refractivity contribution is 6.30. The van der Waals surface area contributed by atoms with Gasteiger partial charge in [0.1, 0.15) is 0 Å². The van der Waals surface area contributed by atoms with E-state index in [9.17, 15) is 9.90 Å². The minimum atomic E-state index is -0.922. The summed E-state index contributed by atoms with van der Waals surface area (Å²) in [5, 5.41) is 12.2. The van der Waals surface area contributed by atoms with Gasteiger partial charge in [0.2, 0.25) is 0 Å². The molecule has 0 saturated carbocycles. The summed E-state index contributed by atoms with van der Waals surface area (Å²) in [7, 11) is 0. The van der Waals surface area contributed by atoms with E-state index in [0.29, 0.717) is 11.4 Å². The number of fused-ring (bicyclic) bond motifs is 1. The van der Waals surface area contributed by atoms with Crippen LogP contribution in [0.3, 0.4) is 0 Å². The van der Waals surface area contributed by atoms with Gasteiger partial charge in [-0.1, -0.05) is 60.1 Å². The smallest absolute Gasteiger partial charge is 0.328 e. The number of hydrogen-bond donors (Lipinski definition) is 1. The summed E-state index contributed by atoms with van der Waals surface area (Å²) < 4.78 is 0. The Morgan fingerprint density at radius 2 is 1.67 bits per heavy atom. The Hall–Kier alpha value is -2.58. The molecule has 0 aliphatic carbocycles. The highest BCUT2D eigenvalue weighted by atomic mass is 35.5. The standard InChI is InChI=1S/C21H17ClO2/c22-20-11-6-15(7-12-20)5-8-19(14-21(23)24)18-10-9-16-3-1-2-4-17(16)13-18/h1-4,6-7,9-14H,5,8H2,(H,23,24). The normalized spacial score (nSPS) is 11.6. The van der Waals surface area contributed by atoms with Gasteiger partial charge in [-0.2, -0.15) is 0 Å². The Balaban J connectivity index is 1.87. The van der Waals surface area contributed by atoms with Crippen LogP contribution in [0.5, 0.6) is 0 Å². The molecule has 3 rings (SSSR count). The third-order valence-corrected chi connectivity index (χ3v) is 4.27. The quantitative estimate of drug-likeness (QED) is 0.616. The lowest BCUT2D eigenvalue weighted by molar-refractivity contribution is -0.131. The molecule has 24 heavy (non-hydrogen) atoms. The Bertz CT molecular complexity index is 895. The van der Waals surface area contributed by atoms with Gasteiger partial charge in [0, 0.05) is 11.1 Å². The minimum absolute atomic E-state index is 0.659. The first-order valence-corrected chi connectivity index (χ1v) is 8.17. The van der Waals surface area contributed by atoms with Gasteiger partial charge in [-0.05, 0) is 58.5 Å². The van der Waals surface area contributed by atoms with Gasteiger partial charge >= 0.3 is 5.97 Å². The topological polar surface area (TPSA) is 37.3 Å². The Labute approximate surface area is 146 Å². The van der Waals surface area contributed by atoms with Crippen LogP contribution in [0.15, 0.2) is 72.8 Å². The second kappa shape index (κ2) is 7.33. The highest BCUT2D eigenvalue weighted by Gasteiger charge is 2.07. The molecule has 0 aliphatic heterocycles. The van der Waals surface area contributed by atoms with E-state index in [2.05, 4.69) is 0 Å². The Morgan fingerprint density at radius 1 is 0.958 bits per heavy atom. The van der Waals surface area contributed by atoms with Crippen LogP contribution in [-0.2, 0) is 11.2 Å². The average molecular weight is 337 g/mol. The zero-order valence-electron chi connectivity index (χ0n) is 13.1. The van der Waals surface area contributed by atoms with E-state index in [1.54, 1.807) is 0 Å². The number of rotatable bonds is 5. The van der Waals surface area contributed by atoms with E-state index in [1.165, 1.54) is 6.08 Å². The van der Waals surface area contributed by atoms with Gasteiger partial charge in [-0.3, -0.25) is 0 Å². The number of aliphatic carboxylic acids is 1. The molecule has 0 atom stereocenters. The molecule has 3 heteroatoms. The first-order chi connectivity index (χ1) is 11.6. The second-order valence-corrected chi connectivity index (χ2v) is 6.13. The van der Waals surface area contributed by atoms with Crippen LogP contribution in [0.4, 0.5) is 0 Å². The fourth-order valence-electron chi connectivity index (χ4n) is 2.77. The molecule has 0 fully saturated rings. The summed E-state index contributed by atoms with van der Waals surface area (Å²) in [5.74, 6) is -0.922. The van der Waals surface area contributed by atoms with Gasteiger partial charge < -0.3 is 5.11 Å². The maximum Gasteiger partial charge on any atom is 0.328 e. The Morgan fingerprint density at radius 3 is 2.38 bits per heavy atom. The van der Waals surface area contributed by atoms with Crippen molar-refractivity contribution in [3.05, 3.63) is 89.0 Å². The molecule has 0 saturated heterocycles. The van der Waals surface area contributed by atoms with Gasteiger partial charge in [-0.25, -0.2) is 4.79 Å². The summed E-state index contributed by atoms with van der Waals surface area (Å²) in [6.07, 6.45) is 2.73. The summed E-state index contributed by atoms with van der Waals surface area (Å²) in [6, 6.07) is 21.8. The second-order valence-electron chi connectivity index (χ2n) is 5.70. The van der Waals surface area contributed by atoms with Crippen molar-refractivity contribution < 1.29 is 9.90 Å². The molecule has 0 aromatic heterocycles. The van der Waals surface area contributed by atoms with E-state index in [-0.39, 0.29) is 0 Å².